The molecule has 110 valence electrons. The van der Waals surface area contributed by atoms with Gasteiger partial charge in [-0.1, -0.05) is 13.8 Å². The number of carbonyl (C=O) groups excluding carboxylic acids is 1. The first kappa shape index (κ1) is 15.9. The van der Waals surface area contributed by atoms with Gasteiger partial charge in [0, 0.05) is 19.8 Å². The molecule has 0 aromatic heterocycles. The number of amides is 1. The molecule has 0 aromatic rings. The molecule has 1 heterocycles. The molecule has 1 aliphatic heterocycles. The van der Waals surface area contributed by atoms with Gasteiger partial charge in [-0.2, -0.15) is 0 Å². The monoisotopic (exact) mass is 272 g/mol. The molecule has 0 aromatic carbocycles. The van der Waals surface area contributed by atoms with E-state index >= 15 is 0 Å². The van der Waals surface area contributed by atoms with Crippen LogP contribution >= 0.6 is 0 Å². The molecule has 1 unspecified atom stereocenters. The van der Waals surface area contributed by atoms with Crippen LogP contribution in [0.5, 0.6) is 0 Å². The number of nitrogens with two attached hydrogens (primary N) is 1. The number of carboxylic acids is 1. The highest BCUT2D eigenvalue weighted by atomic mass is 16.5. The van der Waals surface area contributed by atoms with Crippen molar-refractivity contribution in [2.24, 2.45) is 17.1 Å². The fraction of sp³-hybridized carbons (Fsp3) is 0.846. The summed E-state index contributed by atoms with van der Waals surface area (Å²) in [6.45, 7) is 5.06. The second-order valence-electron chi connectivity index (χ2n) is 5.59. The second-order valence-corrected chi connectivity index (χ2v) is 5.59. The summed E-state index contributed by atoms with van der Waals surface area (Å²) in [5, 5.41) is 11.8. The van der Waals surface area contributed by atoms with Crippen molar-refractivity contribution < 1.29 is 19.4 Å². The number of carboxylic acid groups (broad SMARTS) is 1. The minimum absolute atomic E-state index is 0.199. The molecule has 0 radical (unpaired) electrons. The van der Waals surface area contributed by atoms with E-state index in [0.717, 1.165) is 0 Å². The van der Waals surface area contributed by atoms with E-state index in [1.807, 2.05) is 13.8 Å². The van der Waals surface area contributed by atoms with Crippen molar-refractivity contribution in [1.82, 2.24) is 5.32 Å². The van der Waals surface area contributed by atoms with Gasteiger partial charge in [0.25, 0.3) is 0 Å². The third-order valence-corrected chi connectivity index (χ3v) is 3.63. The van der Waals surface area contributed by atoms with E-state index < -0.39 is 17.4 Å². The third-order valence-electron chi connectivity index (χ3n) is 3.63. The first-order chi connectivity index (χ1) is 8.91. The normalized spacial score (nSPS) is 20.0. The van der Waals surface area contributed by atoms with E-state index in [-0.39, 0.29) is 18.4 Å². The molecule has 19 heavy (non-hydrogen) atoms. The highest BCUT2D eigenvalue weighted by Crippen LogP contribution is 2.29. The first-order valence-electron chi connectivity index (χ1n) is 6.73. The van der Waals surface area contributed by atoms with Gasteiger partial charge in [-0.05, 0) is 25.2 Å². The largest absolute Gasteiger partial charge is 0.480 e. The van der Waals surface area contributed by atoms with Gasteiger partial charge >= 0.3 is 5.97 Å². The fourth-order valence-electron chi connectivity index (χ4n) is 2.29. The summed E-state index contributed by atoms with van der Waals surface area (Å²) in [5.41, 5.74) is 5.05. The molecule has 1 saturated heterocycles. The third kappa shape index (κ3) is 4.18. The van der Waals surface area contributed by atoms with Gasteiger partial charge < -0.3 is 20.9 Å². The number of carbonyl (C=O) groups is 2. The maximum atomic E-state index is 12.3. The Morgan fingerprint density at radius 2 is 1.95 bits per heavy atom. The minimum atomic E-state index is -0.999. The molecule has 6 nitrogen and oxygen atoms in total. The predicted octanol–water partition coefficient (Wildman–Crippen LogP) is 0.357. The van der Waals surface area contributed by atoms with Crippen LogP contribution < -0.4 is 11.1 Å². The number of hydrogen-bond acceptors (Lipinski definition) is 4. The van der Waals surface area contributed by atoms with Crippen LogP contribution in [0.2, 0.25) is 0 Å². The summed E-state index contributed by atoms with van der Waals surface area (Å²) < 4.78 is 5.24. The second kappa shape index (κ2) is 6.86. The van der Waals surface area contributed by atoms with Crippen LogP contribution in [0.4, 0.5) is 0 Å². The van der Waals surface area contributed by atoms with Crippen molar-refractivity contribution in [3.8, 4) is 0 Å². The van der Waals surface area contributed by atoms with E-state index in [1.54, 1.807) is 0 Å². The Balaban J connectivity index is 2.71. The molecule has 0 saturated carbocycles. The number of nitrogens with one attached hydrogen (secondary N) is 1. The minimum Gasteiger partial charge on any atom is -0.480 e. The molecule has 0 aliphatic carbocycles. The Morgan fingerprint density at radius 1 is 1.37 bits per heavy atom. The number of ether oxygens (including phenoxy) is 1. The van der Waals surface area contributed by atoms with Crippen molar-refractivity contribution in [2.75, 3.05) is 19.8 Å². The van der Waals surface area contributed by atoms with Crippen LogP contribution in [-0.2, 0) is 14.3 Å². The molecule has 1 amide bonds. The molecule has 1 rings (SSSR count). The summed E-state index contributed by atoms with van der Waals surface area (Å²) in [7, 11) is 0. The van der Waals surface area contributed by atoms with Crippen LogP contribution in [0.3, 0.4) is 0 Å². The number of rotatable bonds is 6. The van der Waals surface area contributed by atoms with E-state index in [0.29, 0.717) is 32.5 Å². The lowest BCUT2D eigenvalue weighted by Crippen LogP contribution is -2.53. The van der Waals surface area contributed by atoms with E-state index in [9.17, 15) is 9.59 Å². The number of hydrogen-bond donors (Lipinski definition) is 3. The fourth-order valence-corrected chi connectivity index (χ4v) is 2.29. The van der Waals surface area contributed by atoms with Crippen LogP contribution in [0.15, 0.2) is 0 Å². The average molecular weight is 272 g/mol. The molecule has 0 bridgehead atoms. The molecule has 0 spiro atoms. The maximum absolute atomic E-state index is 12.3. The highest BCUT2D eigenvalue weighted by molar-refractivity contribution is 5.87. The molecule has 1 fully saturated rings. The van der Waals surface area contributed by atoms with Gasteiger partial charge in [0.15, 0.2) is 0 Å². The standard InChI is InChI=1S/C13H24N2O4/c1-9(2)7-10(11(16)17)15-12(18)13(8-14)3-5-19-6-4-13/h9-10H,3-8,14H2,1-2H3,(H,15,18)(H,16,17). The van der Waals surface area contributed by atoms with Crippen LogP contribution in [-0.4, -0.2) is 42.8 Å². The summed E-state index contributed by atoms with van der Waals surface area (Å²) in [5.74, 6) is -1.06. The Labute approximate surface area is 113 Å². The lowest BCUT2D eigenvalue weighted by molar-refractivity contribution is -0.146. The number of aliphatic carboxylic acids is 1. The molecular weight excluding hydrogens is 248 g/mol. The van der Waals surface area contributed by atoms with E-state index in [2.05, 4.69) is 5.32 Å². The SMILES string of the molecule is CC(C)CC(NC(=O)C1(CN)CCOCC1)C(=O)O. The Morgan fingerprint density at radius 3 is 2.37 bits per heavy atom. The lowest BCUT2D eigenvalue weighted by Gasteiger charge is -2.35. The zero-order valence-corrected chi connectivity index (χ0v) is 11.6. The van der Waals surface area contributed by atoms with Gasteiger partial charge in [-0.15, -0.1) is 0 Å². The molecule has 6 heteroatoms. The topological polar surface area (TPSA) is 102 Å². The zero-order chi connectivity index (χ0) is 14.5. The van der Waals surface area contributed by atoms with Crippen molar-refractivity contribution in [3.63, 3.8) is 0 Å². The summed E-state index contributed by atoms with van der Waals surface area (Å²) in [6, 6.07) is -0.848. The summed E-state index contributed by atoms with van der Waals surface area (Å²) in [4.78, 5) is 23.5. The van der Waals surface area contributed by atoms with Crippen molar-refractivity contribution in [2.45, 2.75) is 39.2 Å². The zero-order valence-electron chi connectivity index (χ0n) is 11.6. The van der Waals surface area contributed by atoms with Gasteiger partial charge in [0.2, 0.25) is 5.91 Å². The molecule has 1 atom stereocenters. The van der Waals surface area contributed by atoms with Gasteiger partial charge in [-0.3, -0.25) is 4.79 Å². The van der Waals surface area contributed by atoms with Crippen LogP contribution in [0.1, 0.15) is 33.1 Å². The smallest absolute Gasteiger partial charge is 0.326 e. The van der Waals surface area contributed by atoms with Gasteiger partial charge in [0.05, 0.1) is 5.41 Å². The lowest BCUT2D eigenvalue weighted by atomic mass is 9.79. The predicted molar refractivity (Wildman–Crippen MR) is 70.6 cm³/mol. The van der Waals surface area contributed by atoms with Crippen LogP contribution in [0.25, 0.3) is 0 Å². The molecule has 4 N–H and O–H groups in total. The summed E-state index contributed by atoms with van der Waals surface area (Å²) >= 11 is 0. The van der Waals surface area contributed by atoms with Crippen molar-refractivity contribution in [1.29, 1.82) is 0 Å². The van der Waals surface area contributed by atoms with Gasteiger partial charge in [-0.25, -0.2) is 4.79 Å². The van der Waals surface area contributed by atoms with E-state index in [4.69, 9.17) is 15.6 Å². The Bertz CT molecular complexity index is 325. The van der Waals surface area contributed by atoms with Crippen molar-refractivity contribution >= 4 is 11.9 Å². The molecule has 1 aliphatic rings. The summed E-state index contributed by atoms with van der Waals surface area (Å²) in [6.07, 6.45) is 1.50. The molecular formula is C13H24N2O4. The maximum Gasteiger partial charge on any atom is 0.326 e. The van der Waals surface area contributed by atoms with Crippen molar-refractivity contribution in [3.05, 3.63) is 0 Å². The Kier molecular flexibility index (Phi) is 5.75. The Hall–Kier alpha value is -1.14. The van der Waals surface area contributed by atoms with Gasteiger partial charge in [0.1, 0.15) is 6.04 Å². The van der Waals surface area contributed by atoms with Crippen LogP contribution in [0, 0.1) is 11.3 Å². The highest BCUT2D eigenvalue weighted by Gasteiger charge is 2.40. The van der Waals surface area contributed by atoms with E-state index in [1.165, 1.54) is 0 Å². The quantitative estimate of drug-likeness (QED) is 0.648. The average Bonchev–Trinajstić information content (AvgIpc) is 2.38. The first-order valence-corrected chi connectivity index (χ1v) is 6.73.